The third kappa shape index (κ3) is 4.11. The van der Waals surface area contributed by atoms with E-state index in [4.69, 9.17) is 0 Å². The van der Waals surface area contributed by atoms with Crippen LogP contribution in [0.25, 0.3) is 0 Å². The van der Waals surface area contributed by atoms with Crippen molar-refractivity contribution < 1.29 is 4.79 Å². The van der Waals surface area contributed by atoms with E-state index >= 15 is 0 Å². The maximum absolute atomic E-state index is 11.9. The zero-order chi connectivity index (χ0) is 12.8. The van der Waals surface area contributed by atoms with Crippen LogP contribution in [0, 0.1) is 0 Å². The lowest BCUT2D eigenvalue weighted by Crippen LogP contribution is -2.38. The van der Waals surface area contributed by atoms with Gasteiger partial charge in [0, 0.05) is 30.5 Å². The second-order valence-corrected chi connectivity index (χ2v) is 7.06. The fraction of sp³-hybridized carbons (Fsp3) is 0.643. The molecule has 0 aromatic carbocycles. The molecule has 0 radical (unpaired) electrons. The summed E-state index contributed by atoms with van der Waals surface area (Å²) < 4.78 is 0. The van der Waals surface area contributed by atoms with E-state index in [0.29, 0.717) is 12.2 Å². The number of nitrogens with zero attached hydrogens (tertiary/aromatic N) is 1. The molecule has 1 aliphatic heterocycles. The third-order valence-corrected chi connectivity index (χ3v) is 5.64. The summed E-state index contributed by atoms with van der Waals surface area (Å²) in [5.74, 6) is 1.56. The van der Waals surface area contributed by atoms with Crippen molar-refractivity contribution in [2.45, 2.75) is 31.4 Å². The van der Waals surface area contributed by atoms with Crippen LogP contribution in [0.15, 0.2) is 17.5 Å². The summed E-state index contributed by atoms with van der Waals surface area (Å²) in [5, 5.41) is 2.77. The summed E-state index contributed by atoms with van der Waals surface area (Å²) in [5.41, 5.74) is 0. The van der Waals surface area contributed by atoms with Crippen LogP contribution in [0.2, 0.25) is 0 Å². The highest BCUT2D eigenvalue weighted by Crippen LogP contribution is 2.21. The third-order valence-electron chi connectivity index (χ3n) is 3.35. The Morgan fingerprint density at radius 3 is 3.17 bits per heavy atom. The Labute approximate surface area is 118 Å². The standard InChI is InChI=1S/C14H21NOS2/c1-2-12-11-15(8-10-17-12)7-3-5-13(16)14-6-4-9-18-14/h4,6,9,12H,2-3,5,7-8,10-11H2,1H3. The van der Waals surface area contributed by atoms with Gasteiger partial charge in [-0.1, -0.05) is 13.0 Å². The lowest BCUT2D eigenvalue weighted by Gasteiger charge is -2.31. The van der Waals surface area contributed by atoms with Crippen LogP contribution < -0.4 is 0 Å². The number of ketones is 1. The molecule has 18 heavy (non-hydrogen) atoms. The Bertz CT molecular complexity index is 364. The maximum atomic E-state index is 11.9. The summed E-state index contributed by atoms with van der Waals surface area (Å²) in [6, 6.07) is 3.88. The smallest absolute Gasteiger partial charge is 0.172 e. The van der Waals surface area contributed by atoms with Crippen molar-refractivity contribution in [3.05, 3.63) is 22.4 Å². The Morgan fingerprint density at radius 2 is 2.44 bits per heavy atom. The van der Waals surface area contributed by atoms with Crippen LogP contribution in [-0.2, 0) is 0 Å². The minimum absolute atomic E-state index is 0.309. The van der Waals surface area contributed by atoms with Crippen LogP contribution >= 0.6 is 23.1 Å². The van der Waals surface area contributed by atoms with Crippen LogP contribution in [0.5, 0.6) is 0 Å². The van der Waals surface area contributed by atoms with Gasteiger partial charge in [0.2, 0.25) is 0 Å². The zero-order valence-electron chi connectivity index (χ0n) is 10.9. The number of rotatable bonds is 6. The second-order valence-electron chi connectivity index (χ2n) is 4.71. The molecule has 0 amide bonds. The second kappa shape index (κ2) is 7.31. The molecule has 2 rings (SSSR count). The Morgan fingerprint density at radius 1 is 1.56 bits per heavy atom. The monoisotopic (exact) mass is 283 g/mol. The molecule has 0 saturated carbocycles. The summed E-state index contributed by atoms with van der Waals surface area (Å²) >= 11 is 3.65. The Kier molecular flexibility index (Phi) is 5.73. The van der Waals surface area contributed by atoms with Crippen LogP contribution in [0.4, 0.5) is 0 Å². The maximum Gasteiger partial charge on any atom is 0.172 e. The van der Waals surface area contributed by atoms with Crippen molar-refractivity contribution in [3.63, 3.8) is 0 Å². The lowest BCUT2D eigenvalue weighted by molar-refractivity contribution is 0.0979. The highest BCUT2D eigenvalue weighted by Gasteiger charge is 2.18. The summed E-state index contributed by atoms with van der Waals surface area (Å²) in [7, 11) is 0. The van der Waals surface area contributed by atoms with Crippen molar-refractivity contribution in [1.82, 2.24) is 4.90 Å². The van der Waals surface area contributed by atoms with Gasteiger partial charge < -0.3 is 4.90 Å². The lowest BCUT2D eigenvalue weighted by atomic mass is 10.2. The fourth-order valence-corrected chi connectivity index (χ4v) is 4.20. The average molecular weight is 283 g/mol. The molecule has 1 atom stereocenters. The molecule has 1 fully saturated rings. The molecule has 1 saturated heterocycles. The molecule has 1 aliphatic rings. The number of carbonyl (C=O) groups excluding carboxylic acids is 1. The van der Waals surface area contributed by atoms with Gasteiger partial charge in [-0.25, -0.2) is 0 Å². The van der Waals surface area contributed by atoms with Gasteiger partial charge in [0.15, 0.2) is 5.78 Å². The molecular formula is C14H21NOS2. The van der Waals surface area contributed by atoms with Crippen molar-refractivity contribution >= 4 is 28.9 Å². The largest absolute Gasteiger partial charge is 0.301 e. The topological polar surface area (TPSA) is 20.3 Å². The summed E-state index contributed by atoms with van der Waals surface area (Å²) in [6.45, 7) is 5.73. The molecule has 1 aromatic rings. The van der Waals surface area contributed by atoms with Gasteiger partial charge in [-0.2, -0.15) is 11.8 Å². The highest BCUT2D eigenvalue weighted by molar-refractivity contribution is 8.00. The minimum atomic E-state index is 0.309. The molecule has 1 aromatic heterocycles. The summed E-state index contributed by atoms with van der Waals surface area (Å²) in [4.78, 5) is 15.3. The fourth-order valence-electron chi connectivity index (χ4n) is 2.25. The predicted octanol–water partition coefficient (Wildman–Crippen LogP) is 3.54. The number of thioether (sulfide) groups is 1. The van der Waals surface area contributed by atoms with Crippen molar-refractivity contribution in [2.24, 2.45) is 0 Å². The molecule has 0 spiro atoms. The Balaban J connectivity index is 1.67. The van der Waals surface area contributed by atoms with Crippen molar-refractivity contribution in [1.29, 1.82) is 0 Å². The summed E-state index contributed by atoms with van der Waals surface area (Å²) in [6.07, 6.45) is 2.95. The zero-order valence-corrected chi connectivity index (χ0v) is 12.6. The molecule has 2 heterocycles. The number of carbonyl (C=O) groups is 1. The quantitative estimate of drug-likeness (QED) is 0.745. The molecular weight excluding hydrogens is 262 g/mol. The van der Waals surface area contributed by atoms with E-state index < -0.39 is 0 Å². The van der Waals surface area contributed by atoms with E-state index in [1.54, 1.807) is 11.3 Å². The van der Waals surface area contributed by atoms with Gasteiger partial charge in [0.1, 0.15) is 0 Å². The molecule has 2 nitrogen and oxygen atoms in total. The van der Waals surface area contributed by atoms with Gasteiger partial charge in [-0.15, -0.1) is 11.3 Å². The van der Waals surface area contributed by atoms with Crippen molar-refractivity contribution in [3.8, 4) is 0 Å². The number of thiophene rings is 1. The van der Waals surface area contributed by atoms with Crippen LogP contribution in [-0.4, -0.2) is 41.3 Å². The van der Waals surface area contributed by atoms with E-state index in [9.17, 15) is 4.79 Å². The van der Waals surface area contributed by atoms with Gasteiger partial charge in [0.25, 0.3) is 0 Å². The Hall–Kier alpha value is -0.320. The highest BCUT2D eigenvalue weighted by atomic mass is 32.2. The predicted molar refractivity (Wildman–Crippen MR) is 80.9 cm³/mol. The van der Waals surface area contributed by atoms with E-state index in [-0.39, 0.29) is 0 Å². The first-order chi connectivity index (χ1) is 8.79. The van der Waals surface area contributed by atoms with Gasteiger partial charge >= 0.3 is 0 Å². The molecule has 0 bridgehead atoms. The number of Topliss-reactive ketones (excluding diaryl/α,β-unsaturated/α-hetero) is 1. The molecule has 0 N–H and O–H groups in total. The number of hydrogen-bond acceptors (Lipinski definition) is 4. The van der Waals surface area contributed by atoms with Crippen LogP contribution in [0.1, 0.15) is 35.9 Å². The van der Waals surface area contributed by atoms with Gasteiger partial charge in [0.05, 0.1) is 4.88 Å². The van der Waals surface area contributed by atoms with Gasteiger partial charge in [-0.3, -0.25) is 4.79 Å². The molecule has 1 unspecified atom stereocenters. The minimum Gasteiger partial charge on any atom is -0.301 e. The first-order valence-electron chi connectivity index (χ1n) is 6.70. The first-order valence-corrected chi connectivity index (χ1v) is 8.63. The molecule has 0 aliphatic carbocycles. The van der Waals surface area contributed by atoms with Gasteiger partial charge in [-0.05, 0) is 30.8 Å². The number of hydrogen-bond donors (Lipinski definition) is 0. The van der Waals surface area contributed by atoms with Crippen LogP contribution in [0.3, 0.4) is 0 Å². The molecule has 100 valence electrons. The van der Waals surface area contributed by atoms with E-state index in [1.165, 1.54) is 25.3 Å². The van der Waals surface area contributed by atoms with Crippen molar-refractivity contribution in [2.75, 3.05) is 25.4 Å². The first kappa shape index (κ1) is 14.1. The SMILES string of the molecule is CCC1CN(CCCC(=O)c2cccs2)CCS1. The molecule has 4 heteroatoms. The normalized spacial score (nSPS) is 21.1. The van der Waals surface area contributed by atoms with E-state index in [1.807, 2.05) is 17.5 Å². The van der Waals surface area contributed by atoms with E-state index in [0.717, 1.165) is 23.1 Å². The van der Waals surface area contributed by atoms with E-state index in [2.05, 4.69) is 23.6 Å². The average Bonchev–Trinajstić information content (AvgIpc) is 2.93.